The van der Waals surface area contributed by atoms with Crippen molar-refractivity contribution in [1.82, 2.24) is 0 Å². The quantitative estimate of drug-likeness (QED) is 0.422. The van der Waals surface area contributed by atoms with Gasteiger partial charge in [-0.15, -0.1) is 0 Å². The molecule has 1 unspecified atom stereocenters. The Hall–Kier alpha value is -1.02. The third kappa shape index (κ3) is 10.4. The molecule has 0 fully saturated rings. The molecule has 1 atom stereocenters. The molecule has 0 aromatic heterocycles. The SMILES string of the molecule is CCC(CCCCCO)CCCCCCCc1cccc(O)c1. The Balaban J connectivity index is 1.97. The zero-order valence-electron chi connectivity index (χ0n) is 15.0. The number of aromatic hydroxyl groups is 1. The summed E-state index contributed by atoms with van der Waals surface area (Å²) in [7, 11) is 0. The molecule has 0 aliphatic heterocycles. The van der Waals surface area contributed by atoms with Gasteiger partial charge in [-0.2, -0.15) is 0 Å². The lowest BCUT2D eigenvalue weighted by molar-refractivity contribution is 0.279. The van der Waals surface area contributed by atoms with Gasteiger partial charge in [0.15, 0.2) is 0 Å². The summed E-state index contributed by atoms with van der Waals surface area (Å²) in [6, 6.07) is 7.64. The fraction of sp³-hybridized carbons (Fsp3) is 0.714. The van der Waals surface area contributed by atoms with Crippen molar-refractivity contribution < 1.29 is 10.2 Å². The number of unbranched alkanes of at least 4 members (excludes halogenated alkanes) is 6. The molecule has 0 aliphatic carbocycles. The van der Waals surface area contributed by atoms with E-state index in [-0.39, 0.29) is 0 Å². The van der Waals surface area contributed by atoms with Crippen LogP contribution in [0.4, 0.5) is 0 Å². The summed E-state index contributed by atoms with van der Waals surface area (Å²) in [5.74, 6) is 1.27. The summed E-state index contributed by atoms with van der Waals surface area (Å²) >= 11 is 0. The molecule has 1 rings (SSSR count). The van der Waals surface area contributed by atoms with Gasteiger partial charge >= 0.3 is 0 Å². The number of hydrogen-bond donors (Lipinski definition) is 2. The van der Waals surface area contributed by atoms with E-state index in [1.165, 1.54) is 69.8 Å². The van der Waals surface area contributed by atoms with E-state index in [1.807, 2.05) is 12.1 Å². The lowest BCUT2D eigenvalue weighted by Crippen LogP contribution is -1.99. The Morgan fingerprint density at radius 3 is 2.17 bits per heavy atom. The van der Waals surface area contributed by atoms with Crippen molar-refractivity contribution in [3.63, 3.8) is 0 Å². The van der Waals surface area contributed by atoms with Crippen LogP contribution < -0.4 is 0 Å². The predicted octanol–water partition coefficient (Wildman–Crippen LogP) is 5.85. The number of hydrogen-bond acceptors (Lipinski definition) is 2. The van der Waals surface area contributed by atoms with Crippen molar-refractivity contribution in [2.24, 2.45) is 5.92 Å². The van der Waals surface area contributed by atoms with E-state index in [4.69, 9.17) is 5.11 Å². The molecule has 0 heterocycles. The van der Waals surface area contributed by atoms with Crippen molar-refractivity contribution in [3.05, 3.63) is 29.8 Å². The van der Waals surface area contributed by atoms with Crippen LogP contribution in [-0.2, 0) is 6.42 Å². The molecule has 0 spiro atoms. The van der Waals surface area contributed by atoms with E-state index >= 15 is 0 Å². The molecule has 0 bridgehead atoms. The van der Waals surface area contributed by atoms with Gasteiger partial charge in [0.2, 0.25) is 0 Å². The van der Waals surface area contributed by atoms with E-state index in [0.717, 1.165) is 18.8 Å². The van der Waals surface area contributed by atoms with Gasteiger partial charge in [0, 0.05) is 6.61 Å². The Labute approximate surface area is 142 Å². The van der Waals surface area contributed by atoms with Crippen molar-refractivity contribution in [2.75, 3.05) is 6.61 Å². The normalized spacial score (nSPS) is 12.4. The van der Waals surface area contributed by atoms with Crippen LogP contribution in [0.5, 0.6) is 5.75 Å². The van der Waals surface area contributed by atoms with Crippen molar-refractivity contribution in [2.45, 2.75) is 84.0 Å². The minimum Gasteiger partial charge on any atom is -0.508 e. The smallest absolute Gasteiger partial charge is 0.115 e. The average Bonchev–Trinajstić information content (AvgIpc) is 2.56. The summed E-state index contributed by atoms with van der Waals surface area (Å²) in [5.41, 5.74) is 1.25. The Morgan fingerprint density at radius 1 is 0.870 bits per heavy atom. The van der Waals surface area contributed by atoms with E-state index in [1.54, 1.807) is 6.07 Å². The van der Waals surface area contributed by atoms with Crippen LogP contribution in [0.3, 0.4) is 0 Å². The van der Waals surface area contributed by atoms with Gasteiger partial charge in [-0.1, -0.05) is 76.8 Å². The second kappa shape index (κ2) is 13.4. The van der Waals surface area contributed by atoms with Crippen molar-refractivity contribution in [1.29, 1.82) is 0 Å². The molecular formula is C21H36O2. The van der Waals surface area contributed by atoms with Gasteiger partial charge in [0.05, 0.1) is 0 Å². The molecule has 2 heteroatoms. The molecule has 1 aromatic carbocycles. The average molecular weight is 321 g/mol. The molecule has 0 saturated carbocycles. The van der Waals surface area contributed by atoms with Crippen molar-refractivity contribution in [3.8, 4) is 5.75 Å². The highest BCUT2D eigenvalue weighted by Gasteiger charge is 2.05. The molecule has 1 aromatic rings. The summed E-state index contributed by atoms with van der Waals surface area (Å²) in [4.78, 5) is 0. The van der Waals surface area contributed by atoms with Gasteiger partial charge in [-0.05, 0) is 42.9 Å². The van der Waals surface area contributed by atoms with Crippen LogP contribution in [0.25, 0.3) is 0 Å². The Morgan fingerprint density at radius 2 is 1.52 bits per heavy atom. The predicted molar refractivity (Wildman–Crippen MR) is 98.8 cm³/mol. The number of phenols is 1. The first-order valence-corrected chi connectivity index (χ1v) is 9.65. The van der Waals surface area contributed by atoms with Gasteiger partial charge in [0.25, 0.3) is 0 Å². The highest BCUT2D eigenvalue weighted by atomic mass is 16.3. The first kappa shape index (κ1) is 20.0. The van der Waals surface area contributed by atoms with Gasteiger partial charge in [-0.3, -0.25) is 0 Å². The molecule has 2 nitrogen and oxygen atoms in total. The maximum atomic E-state index is 9.44. The number of phenolic OH excluding ortho intramolecular Hbond substituents is 1. The van der Waals surface area contributed by atoms with Crippen LogP contribution in [0.15, 0.2) is 24.3 Å². The number of aliphatic hydroxyl groups excluding tert-OH is 1. The summed E-state index contributed by atoms with van der Waals surface area (Å²) in [6.45, 7) is 2.66. The van der Waals surface area contributed by atoms with Crippen LogP contribution in [-0.4, -0.2) is 16.8 Å². The first-order chi connectivity index (χ1) is 11.3. The highest BCUT2D eigenvalue weighted by molar-refractivity contribution is 5.27. The second-order valence-corrected chi connectivity index (χ2v) is 6.82. The minimum absolute atomic E-state index is 0.347. The van der Waals surface area contributed by atoms with E-state index < -0.39 is 0 Å². The topological polar surface area (TPSA) is 40.5 Å². The number of rotatable bonds is 14. The number of aryl methyl sites for hydroxylation is 1. The standard InChI is InChI=1S/C21H36O2/c1-2-19(13-9-6-10-17-22)12-7-4-3-5-8-14-20-15-11-16-21(23)18-20/h11,15-16,18-19,22-23H,2-10,12-14,17H2,1H3. The molecule has 2 N–H and O–H groups in total. The third-order valence-electron chi connectivity index (χ3n) is 4.84. The second-order valence-electron chi connectivity index (χ2n) is 6.82. The third-order valence-corrected chi connectivity index (χ3v) is 4.84. The molecule has 132 valence electrons. The first-order valence-electron chi connectivity index (χ1n) is 9.65. The number of benzene rings is 1. The van der Waals surface area contributed by atoms with Gasteiger partial charge in [-0.25, -0.2) is 0 Å². The Bertz CT molecular complexity index is 389. The zero-order chi connectivity index (χ0) is 16.8. The largest absolute Gasteiger partial charge is 0.508 e. The molecule has 23 heavy (non-hydrogen) atoms. The van der Waals surface area contributed by atoms with Gasteiger partial charge in [0.1, 0.15) is 5.75 Å². The molecule has 0 saturated heterocycles. The van der Waals surface area contributed by atoms with Crippen LogP contribution >= 0.6 is 0 Å². The highest BCUT2D eigenvalue weighted by Crippen LogP contribution is 2.21. The van der Waals surface area contributed by atoms with Gasteiger partial charge < -0.3 is 10.2 Å². The monoisotopic (exact) mass is 320 g/mol. The van der Waals surface area contributed by atoms with Crippen LogP contribution in [0.2, 0.25) is 0 Å². The molecule has 0 amide bonds. The number of aliphatic hydroxyl groups is 1. The maximum absolute atomic E-state index is 9.44. The van der Waals surface area contributed by atoms with E-state index in [9.17, 15) is 5.11 Å². The fourth-order valence-electron chi connectivity index (χ4n) is 3.28. The zero-order valence-corrected chi connectivity index (χ0v) is 15.0. The molecular weight excluding hydrogens is 284 g/mol. The fourth-order valence-corrected chi connectivity index (χ4v) is 3.28. The van der Waals surface area contributed by atoms with Crippen molar-refractivity contribution >= 4 is 0 Å². The maximum Gasteiger partial charge on any atom is 0.115 e. The van der Waals surface area contributed by atoms with Crippen LogP contribution in [0.1, 0.15) is 83.1 Å². The van der Waals surface area contributed by atoms with Crippen LogP contribution in [0, 0.1) is 5.92 Å². The summed E-state index contributed by atoms with van der Waals surface area (Å²) in [6.07, 6.45) is 15.1. The molecule has 0 radical (unpaired) electrons. The summed E-state index contributed by atoms with van der Waals surface area (Å²) < 4.78 is 0. The minimum atomic E-state index is 0.347. The van der Waals surface area contributed by atoms with E-state index in [2.05, 4.69) is 13.0 Å². The molecule has 0 aliphatic rings. The lowest BCUT2D eigenvalue weighted by atomic mass is 9.92. The Kier molecular flexibility index (Phi) is 11.7. The summed E-state index contributed by atoms with van der Waals surface area (Å²) in [5, 5.41) is 18.2. The van der Waals surface area contributed by atoms with E-state index in [0.29, 0.717) is 12.4 Å². The lowest BCUT2D eigenvalue weighted by Gasteiger charge is -2.14.